The number of rotatable bonds is 3. The summed E-state index contributed by atoms with van der Waals surface area (Å²) >= 11 is 3.24. The summed E-state index contributed by atoms with van der Waals surface area (Å²) in [5.41, 5.74) is 11.1. The first-order valence-electron chi connectivity index (χ1n) is 16.4. The zero-order valence-electron chi connectivity index (χ0n) is 26.0. The number of benzene rings is 2. The van der Waals surface area contributed by atoms with Crippen molar-refractivity contribution < 1.29 is 14.4 Å². The molecule has 2 atom stereocenters. The molecule has 0 amide bonds. The Hall–Kier alpha value is -2.56. The van der Waals surface area contributed by atoms with Gasteiger partial charge in [0, 0.05) is 23.5 Å². The van der Waals surface area contributed by atoms with Gasteiger partial charge in [0.2, 0.25) is 0 Å². The van der Waals surface area contributed by atoms with Gasteiger partial charge in [0.1, 0.15) is 0 Å². The summed E-state index contributed by atoms with van der Waals surface area (Å²) < 4.78 is 2.39. The van der Waals surface area contributed by atoms with Crippen LogP contribution in [0.5, 0.6) is 0 Å². The molecule has 0 unspecified atom stereocenters. The fraction of sp³-hybridized carbons (Fsp3) is 0.543. The summed E-state index contributed by atoms with van der Waals surface area (Å²) in [6.45, 7) is 5.18. The topological polar surface area (TPSA) is 109 Å². The summed E-state index contributed by atoms with van der Waals surface area (Å²) in [4.78, 5) is 43.1. The van der Waals surface area contributed by atoms with Gasteiger partial charge in [0.05, 0.1) is 25.9 Å². The van der Waals surface area contributed by atoms with Crippen LogP contribution in [0, 0.1) is 17.8 Å². The molecule has 2 saturated carbocycles. The lowest BCUT2D eigenvalue weighted by atomic mass is 9.70. The average Bonchev–Trinajstić information content (AvgIpc) is 3.94. The van der Waals surface area contributed by atoms with E-state index in [9.17, 15) is 4.79 Å². The van der Waals surface area contributed by atoms with E-state index in [2.05, 4.69) is 31.9 Å². The fourth-order valence-electron chi connectivity index (χ4n) is 8.81. The van der Waals surface area contributed by atoms with E-state index in [1.54, 1.807) is 22.7 Å². The van der Waals surface area contributed by atoms with E-state index in [0.717, 1.165) is 27.6 Å². The Balaban J connectivity index is 0.000000129. The van der Waals surface area contributed by atoms with Gasteiger partial charge in [-0.25, -0.2) is 9.97 Å². The smallest absolute Gasteiger partial charge is 0.326 e. The summed E-state index contributed by atoms with van der Waals surface area (Å²) in [7, 11) is 0. The lowest BCUT2D eigenvalue weighted by Gasteiger charge is -2.52. The van der Waals surface area contributed by atoms with E-state index in [1.165, 1.54) is 82.2 Å². The minimum Gasteiger partial charge on any atom is -0.326 e. The summed E-state index contributed by atoms with van der Waals surface area (Å²) in [6, 6.07) is 16.7. The monoisotopic (exact) mass is 679 g/mol. The Morgan fingerprint density at radius 1 is 0.826 bits per heavy atom. The molecule has 6 aliphatic heterocycles. The molecule has 4 aromatic rings. The van der Waals surface area contributed by atoms with Crippen LogP contribution < -0.4 is 5.73 Å². The molecule has 8 heterocycles. The number of thiazole rings is 2. The Morgan fingerprint density at radius 3 is 1.91 bits per heavy atom. The van der Waals surface area contributed by atoms with E-state index < -0.39 is 0 Å². The predicted molar refractivity (Wildman–Crippen MR) is 184 cm³/mol. The number of ketones is 1. The van der Waals surface area contributed by atoms with Crippen LogP contribution in [0.2, 0.25) is 0 Å². The SMILES string of the molecule is Cl.N[C@@H]1C2CCN(CC2)C12CC2.O=C(C[C@@H]1C2CCN(CC2)C12CC2)c1nc2ccccc2s1.O=C=O.c1ccc2scnc2c1. The van der Waals surface area contributed by atoms with Crippen LogP contribution in [-0.2, 0) is 9.59 Å². The molecule has 46 heavy (non-hydrogen) atoms. The first kappa shape index (κ1) is 33.3. The summed E-state index contributed by atoms with van der Waals surface area (Å²) in [6.07, 6.45) is 11.6. The predicted octanol–water partition coefficient (Wildman–Crippen LogP) is 6.45. The van der Waals surface area contributed by atoms with Gasteiger partial charge >= 0.3 is 6.15 Å². The van der Waals surface area contributed by atoms with Crippen LogP contribution >= 0.6 is 35.1 Å². The maximum Gasteiger partial charge on any atom is 0.373 e. The summed E-state index contributed by atoms with van der Waals surface area (Å²) in [5, 5.41) is 0.716. The number of carbonyl (C=O) groups is 1. The molecule has 8 aliphatic rings. The lowest BCUT2D eigenvalue weighted by Crippen LogP contribution is -2.63. The highest BCUT2D eigenvalue weighted by Crippen LogP contribution is 2.58. The Labute approximate surface area is 284 Å². The largest absolute Gasteiger partial charge is 0.373 e. The first-order valence-corrected chi connectivity index (χ1v) is 18.1. The van der Waals surface area contributed by atoms with Crippen LogP contribution in [0.25, 0.3) is 20.4 Å². The van der Waals surface area contributed by atoms with Gasteiger partial charge in [0.25, 0.3) is 0 Å². The van der Waals surface area contributed by atoms with Crippen LogP contribution in [0.3, 0.4) is 0 Å². The molecular formula is C35H42ClN5O3S2. The van der Waals surface area contributed by atoms with Gasteiger partial charge in [-0.2, -0.15) is 9.59 Å². The minimum absolute atomic E-state index is 0. The number of carbonyl (C=O) groups excluding carboxylic acids is 3. The number of para-hydroxylation sites is 2. The average molecular weight is 680 g/mol. The number of nitrogens with two attached hydrogens (primary N) is 1. The summed E-state index contributed by atoms with van der Waals surface area (Å²) in [5.74, 6) is 2.48. The van der Waals surface area contributed by atoms with Crippen molar-refractivity contribution in [2.45, 2.75) is 74.9 Å². The van der Waals surface area contributed by atoms with E-state index in [-0.39, 0.29) is 24.3 Å². The standard InChI is InChI=1S/C18H20N2OS.C9H16N2.C7H5NS.CO2.ClH/c21-15(17-19-14-3-1-2-4-16(14)22-17)11-13-12-5-9-20(10-6-12)18(13)7-8-18;10-8-7-1-5-11(6-2-7)9(8)3-4-9;1-2-4-7-6(3-1)8-5-9-7;2-1-3;/h1-4,12-13H,5-11H2;7-8H,1-6,10H2;1-5H;;1H/t13-;8-;;;/m11.../s1. The second kappa shape index (κ2) is 13.9. The molecule has 4 bridgehead atoms. The highest BCUT2D eigenvalue weighted by Gasteiger charge is 2.60. The molecule has 0 radical (unpaired) electrons. The van der Waals surface area contributed by atoms with Gasteiger partial charge in [-0.15, -0.1) is 35.1 Å². The third-order valence-electron chi connectivity index (χ3n) is 11.4. The van der Waals surface area contributed by atoms with E-state index >= 15 is 0 Å². The Kier molecular flexibility index (Phi) is 10.1. The third kappa shape index (κ3) is 6.33. The third-order valence-corrected chi connectivity index (χ3v) is 13.3. The van der Waals surface area contributed by atoms with Gasteiger partial charge in [-0.05, 0) is 120 Å². The zero-order chi connectivity index (χ0) is 31.0. The van der Waals surface area contributed by atoms with Crippen molar-refractivity contribution in [1.82, 2.24) is 19.8 Å². The number of fused-ring (bicyclic) bond motifs is 6. The van der Waals surface area contributed by atoms with Crippen LogP contribution in [0.15, 0.2) is 54.0 Å². The number of Topliss-reactive ketones (excluding diaryl/α,β-unsaturated/α-hetero) is 1. The zero-order valence-corrected chi connectivity index (χ0v) is 28.5. The molecule has 8 nitrogen and oxygen atoms in total. The van der Waals surface area contributed by atoms with Crippen molar-refractivity contribution in [3.05, 3.63) is 59.0 Å². The maximum absolute atomic E-state index is 12.8. The molecule has 244 valence electrons. The van der Waals surface area contributed by atoms with Crippen molar-refractivity contribution in [3.8, 4) is 0 Å². The van der Waals surface area contributed by atoms with Gasteiger partial charge < -0.3 is 5.73 Å². The highest BCUT2D eigenvalue weighted by molar-refractivity contribution is 7.20. The van der Waals surface area contributed by atoms with Crippen molar-refractivity contribution in [2.24, 2.45) is 23.5 Å². The molecule has 11 heteroatoms. The van der Waals surface area contributed by atoms with Crippen molar-refractivity contribution in [2.75, 3.05) is 26.2 Å². The Morgan fingerprint density at radius 2 is 1.37 bits per heavy atom. The van der Waals surface area contributed by atoms with Gasteiger partial charge in [0.15, 0.2) is 10.8 Å². The molecule has 6 saturated heterocycles. The van der Waals surface area contributed by atoms with Crippen LogP contribution in [0.4, 0.5) is 0 Å². The second-order valence-corrected chi connectivity index (χ2v) is 15.4. The molecule has 12 rings (SSSR count). The second-order valence-electron chi connectivity index (χ2n) is 13.5. The molecular weight excluding hydrogens is 638 g/mol. The molecule has 2 spiro atoms. The van der Waals surface area contributed by atoms with Crippen molar-refractivity contribution >= 4 is 67.4 Å². The Bertz CT molecular complexity index is 1610. The molecule has 2 aliphatic carbocycles. The fourth-order valence-corrected chi connectivity index (χ4v) is 10.4. The van der Waals surface area contributed by atoms with Gasteiger partial charge in [-0.1, -0.05) is 24.3 Å². The van der Waals surface area contributed by atoms with Crippen molar-refractivity contribution in [1.29, 1.82) is 0 Å². The number of piperidine rings is 6. The number of hydrogen-bond acceptors (Lipinski definition) is 10. The van der Waals surface area contributed by atoms with E-state index in [4.69, 9.17) is 15.3 Å². The maximum atomic E-state index is 12.8. The van der Waals surface area contributed by atoms with Gasteiger partial charge in [-0.3, -0.25) is 14.6 Å². The highest BCUT2D eigenvalue weighted by atomic mass is 35.5. The quantitative estimate of drug-likeness (QED) is 0.246. The molecule has 2 aromatic carbocycles. The van der Waals surface area contributed by atoms with Crippen molar-refractivity contribution in [3.63, 3.8) is 0 Å². The normalized spacial score (nSPS) is 29.7. The lowest BCUT2D eigenvalue weighted by molar-refractivity contribution is -0.191. The minimum atomic E-state index is 0. The number of hydrogen-bond donors (Lipinski definition) is 1. The van der Waals surface area contributed by atoms with E-state index in [1.807, 2.05) is 41.9 Å². The number of nitrogens with zero attached hydrogens (tertiary/aromatic N) is 4. The molecule has 2 N–H and O–H groups in total. The molecule has 8 fully saturated rings. The molecule has 2 aromatic heterocycles. The first-order chi connectivity index (χ1) is 22.0. The number of halogens is 1. The van der Waals surface area contributed by atoms with Crippen LogP contribution in [0.1, 0.15) is 67.6 Å². The van der Waals surface area contributed by atoms with Crippen LogP contribution in [-0.4, -0.2) is 75.0 Å². The van der Waals surface area contributed by atoms with E-state index in [0.29, 0.717) is 34.5 Å². The number of aromatic nitrogens is 2.